The number of hydrogen-bond acceptors (Lipinski definition) is 12. The summed E-state index contributed by atoms with van der Waals surface area (Å²) in [5.74, 6) is -4.21. The molecule has 4 aliphatic heterocycles. The van der Waals surface area contributed by atoms with E-state index in [1.807, 2.05) is 23.9 Å². The number of pyridine rings is 1. The van der Waals surface area contributed by atoms with Crippen LogP contribution in [-0.4, -0.2) is 105 Å². The Labute approximate surface area is 359 Å². The molecular formula is C43H47ClF3N11O4. The van der Waals surface area contributed by atoms with Gasteiger partial charge in [-0.3, -0.25) is 29.3 Å². The van der Waals surface area contributed by atoms with Gasteiger partial charge in [0.25, 0.3) is 5.56 Å². The van der Waals surface area contributed by atoms with Gasteiger partial charge in [0.05, 0.1) is 51.9 Å². The van der Waals surface area contributed by atoms with Crippen LogP contribution in [0.5, 0.6) is 5.75 Å². The first-order valence-electron chi connectivity index (χ1n) is 21.3. The molecule has 5 aliphatic rings. The maximum atomic E-state index is 15.8. The molecule has 3 N–H and O–H groups in total. The van der Waals surface area contributed by atoms with E-state index in [-0.39, 0.29) is 51.2 Å². The number of nitrogens with zero attached hydrogens (tertiary/aromatic N) is 8. The zero-order chi connectivity index (χ0) is 43.0. The number of imide groups is 1. The summed E-state index contributed by atoms with van der Waals surface area (Å²) in [6.07, 6.45) is 5.58. The Hall–Kier alpha value is -5.62. The van der Waals surface area contributed by atoms with E-state index in [0.29, 0.717) is 56.0 Å². The van der Waals surface area contributed by atoms with Crippen LogP contribution < -0.4 is 36.0 Å². The molecule has 5 aromatic rings. The van der Waals surface area contributed by atoms with Crippen molar-refractivity contribution >= 4 is 74.0 Å². The maximum absolute atomic E-state index is 15.8. The third kappa shape index (κ3) is 7.33. The summed E-state index contributed by atoms with van der Waals surface area (Å²) >= 11 is 6.56. The Morgan fingerprint density at radius 2 is 1.74 bits per heavy atom. The number of benzene rings is 2. The van der Waals surface area contributed by atoms with E-state index < -0.39 is 35.9 Å². The molecule has 0 radical (unpaired) electrons. The number of halogens is 4. The van der Waals surface area contributed by atoms with Crippen molar-refractivity contribution in [3.05, 3.63) is 63.4 Å². The molecule has 62 heavy (non-hydrogen) atoms. The van der Waals surface area contributed by atoms with Crippen molar-refractivity contribution in [3.63, 3.8) is 0 Å². The van der Waals surface area contributed by atoms with Crippen molar-refractivity contribution in [2.45, 2.75) is 56.4 Å². The SMILES string of the molecule is Cn1nc(C2CCC(=O)NC2=O)c2cccc(N3CCC(CN4CCN(c5ncc(Cl)c(Nc6cc7c8c(c(=O)n(C)c7cc6F)OCC(F)(F)[C@H](C6CC6)N8)n5)CC4)CC3)c21. The number of alkyl halides is 2. The highest BCUT2D eigenvalue weighted by atomic mass is 35.5. The Balaban J connectivity index is 0.788. The quantitative estimate of drug-likeness (QED) is 0.168. The first-order valence-corrected chi connectivity index (χ1v) is 21.6. The molecule has 4 fully saturated rings. The molecule has 2 amide bonds. The number of hydrogen-bond donors (Lipinski definition) is 3. The van der Waals surface area contributed by atoms with E-state index in [9.17, 15) is 14.4 Å². The van der Waals surface area contributed by atoms with E-state index in [4.69, 9.17) is 26.4 Å². The van der Waals surface area contributed by atoms with Crippen LogP contribution in [0.2, 0.25) is 5.02 Å². The highest BCUT2D eigenvalue weighted by Crippen LogP contribution is 2.46. The second-order valence-corrected chi connectivity index (χ2v) is 17.7. The lowest BCUT2D eigenvalue weighted by atomic mass is 9.92. The fraction of sp³-hybridized carbons (Fsp3) is 0.488. The zero-order valence-electron chi connectivity index (χ0n) is 34.4. The van der Waals surface area contributed by atoms with Crippen LogP contribution in [0.3, 0.4) is 0 Å². The monoisotopic (exact) mass is 873 g/mol. The molecule has 2 atom stereocenters. The van der Waals surface area contributed by atoms with Gasteiger partial charge in [0.1, 0.15) is 10.8 Å². The Morgan fingerprint density at radius 1 is 0.968 bits per heavy atom. The third-order valence-electron chi connectivity index (χ3n) is 13.3. The molecular weight excluding hydrogens is 827 g/mol. The summed E-state index contributed by atoms with van der Waals surface area (Å²) < 4.78 is 54.6. The van der Waals surface area contributed by atoms with Gasteiger partial charge < -0.3 is 29.7 Å². The number of nitrogens with one attached hydrogen (secondary N) is 3. The molecule has 19 heteroatoms. The molecule has 7 heterocycles. The van der Waals surface area contributed by atoms with Gasteiger partial charge in [-0.15, -0.1) is 0 Å². The smallest absolute Gasteiger partial charge is 0.301 e. The van der Waals surface area contributed by atoms with Gasteiger partial charge in [-0.1, -0.05) is 23.7 Å². The van der Waals surface area contributed by atoms with Gasteiger partial charge in [0.2, 0.25) is 23.5 Å². The number of piperidine rings is 2. The summed E-state index contributed by atoms with van der Waals surface area (Å²) in [5.41, 5.74) is 2.51. The molecule has 1 unspecified atom stereocenters. The van der Waals surface area contributed by atoms with Crippen LogP contribution >= 0.6 is 11.6 Å². The maximum Gasteiger partial charge on any atom is 0.301 e. The van der Waals surface area contributed by atoms with Crippen molar-refractivity contribution in [2.75, 3.05) is 72.9 Å². The van der Waals surface area contributed by atoms with Gasteiger partial charge in [-0.25, -0.2) is 18.2 Å². The Morgan fingerprint density at radius 3 is 2.48 bits per heavy atom. The van der Waals surface area contributed by atoms with Crippen molar-refractivity contribution in [3.8, 4) is 5.75 Å². The van der Waals surface area contributed by atoms with Crippen LogP contribution in [0.1, 0.15) is 50.1 Å². The molecule has 1 saturated carbocycles. The predicted molar refractivity (Wildman–Crippen MR) is 229 cm³/mol. The van der Waals surface area contributed by atoms with E-state index >= 15 is 13.2 Å². The van der Waals surface area contributed by atoms with Crippen LogP contribution in [0.15, 0.2) is 41.3 Å². The van der Waals surface area contributed by atoms with Crippen LogP contribution in [0, 0.1) is 17.7 Å². The number of amides is 2. The average molecular weight is 874 g/mol. The zero-order valence-corrected chi connectivity index (χ0v) is 35.2. The summed E-state index contributed by atoms with van der Waals surface area (Å²) in [6.45, 7) is 4.82. The number of piperazine rings is 1. The minimum absolute atomic E-state index is 0.00414. The molecule has 15 nitrogen and oxygen atoms in total. The number of carbonyl (C=O) groups is 2. The van der Waals surface area contributed by atoms with Crippen molar-refractivity contribution in [1.82, 2.24) is 34.5 Å². The van der Waals surface area contributed by atoms with E-state index in [0.717, 1.165) is 67.8 Å². The highest BCUT2D eigenvalue weighted by Gasteiger charge is 2.51. The summed E-state index contributed by atoms with van der Waals surface area (Å²) in [7, 11) is 3.36. The summed E-state index contributed by atoms with van der Waals surface area (Å²) in [4.78, 5) is 53.9. The minimum Gasteiger partial charge on any atom is -0.480 e. The number of aryl methyl sites for hydroxylation is 2. The number of aromatic nitrogens is 5. The van der Waals surface area contributed by atoms with Crippen molar-refractivity contribution in [2.24, 2.45) is 25.9 Å². The molecule has 0 spiro atoms. The lowest BCUT2D eigenvalue weighted by Gasteiger charge is -2.39. The minimum atomic E-state index is -3.21. The lowest BCUT2D eigenvalue weighted by Crippen LogP contribution is -2.49. The van der Waals surface area contributed by atoms with E-state index in [2.05, 4.69) is 41.7 Å². The molecule has 0 bridgehead atoms. The average Bonchev–Trinajstić information content (AvgIpc) is 4.06. The van der Waals surface area contributed by atoms with E-state index in [1.54, 1.807) is 0 Å². The highest BCUT2D eigenvalue weighted by molar-refractivity contribution is 6.33. The van der Waals surface area contributed by atoms with Crippen molar-refractivity contribution < 1.29 is 27.5 Å². The Kier molecular flexibility index (Phi) is 10.2. The topological polar surface area (TPSA) is 155 Å². The second kappa shape index (κ2) is 15.6. The third-order valence-corrected chi connectivity index (χ3v) is 13.5. The van der Waals surface area contributed by atoms with Crippen molar-refractivity contribution in [1.29, 1.82) is 0 Å². The fourth-order valence-electron chi connectivity index (χ4n) is 9.70. The lowest BCUT2D eigenvalue weighted by molar-refractivity contribution is -0.134. The molecule has 1 aliphatic carbocycles. The summed E-state index contributed by atoms with van der Waals surface area (Å²) in [6, 6.07) is 7.59. The number of rotatable bonds is 8. The van der Waals surface area contributed by atoms with E-state index in [1.165, 1.54) is 29.9 Å². The van der Waals surface area contributed by atoms with Gasteiger partial charge >= 0.3 is 5.92 Å². The second-order valence-electron chi connectivity index (χ2n) is 17.3. The van der Waals surface area contributed by atoms with Gasteiger partial charge in [-0.2, -0.15) is 10.1 Å². The van der Waals surface area contributed by atoms with Gasteiger partial charge in [-0.05, 0) is 56.1 Å². The predicted octanol–water partition coefficient (Wildman–Crippen LogP) is 5.53. The standard InChI is InChI=1S/C43H47ClF3N11O4/c1-54-32-19-29(45)30(18-27(32)35-37(41(54)61)62-22-43(46,47)38(51-35)24-6-7-24)49-39-28(44)20-48-42(52-39)58-16-14-56(15-17-58)21-23-10-12-57(13-11-23)31-5-3-4-25-34(53-55(2)36(25)31)26-8-9-33(59)50-40(26)60/h3-5,18-20,23-24,26,38,51H,6-17,21-22H2,1-2H3,(H,48,49,52)(H,50,59,60)/t26?,38-/m0/s1. The number of ether oxygens (including phenoxy) is 1. The molecule has 3 aromatic heterocycles. The number of carbonyl (C=O) groups excluding carboxylic acids is 2. The van der Waals surface area contributed by atoms with Crippen LogP contribution in [-0.2, 0) is 23.7 Å². The van der Waals surface area contributed by atoms with Crippen LogP contribution in [0.25, 0.3) is 21.8 Å². The number of anilines is 5. The first kappa shape index (κ1) is 40.5. The van der Waals surface area contributed by atoms with Gasteiger partial charge in [0, 0.05) is 83.2 Å². The summed E-state index contributed by atoms with van der Waals surface area (Å²) in [5, 5.41) is 14.6. The molecule has 2 aromatic carbocycles. The number of para-hydroxylation sites is 1. The molecule has 326 valence electrons. The fourth-order valence-corrected chi connectivity index (χ4v) is 9.84. The van der Waals surface area contributed by atoms with Gasteiger partial charge in [0.15, 0.2) is 12.4 Å². The number of fused-ring (bicyclic) bond motifs is 4. The normalized spacial score (nSPS) is 22.3. The first-order chi connectivity index (χ1) is 29.8. The molecule has 3 saturated heterocycles. The molecule has 10 rings (SSSR count). The van der Waals surface area contributed by atoms with Crippen LogP contribution in [0.4, 0.5) is 42.0 Å². The largest absolute Gasteiger partial charge is 0.480 e. The Bertz CT molecular complexity index is 2670.